The molecule has 0 bridgehead atoms. The fourth-order valence-corrected chi connectivity index (χ4v) is 4.22. The Morgan fingerprint density at radius 1 is 1.67 bits per heavy atom. The summed E-state index contributed by atoms with van der Waals surface area (Å²) in [5, 5.41) is 11.6. The van der Waals surface area contributed by atoms with Crippen molar-refractivity contribution in [1.82, 2.24) is 4.90 Å². The second-order valence-corrected chi connectivity index (χ2v) is 6.24. The minimum atomic E-state index is -0.00560. The fourth-order valence-electron chi connectivity index (χ4n) is 0.979. The molecular formula is C7H14N2OS2. The van der Waals surface area contributed by atoms with E-state index >= 15 is 0 Å². The first-order valence-electron chi connectivity index (χ1n) is 3.72. The highest BCUT2D eigenvalue weighted by Crippen LogP contribution is 2.45. The van der Waals surface area contributed by atoms with Crippen molar-refractivity contribution >= 4 is 29.7 Å². The lowest BCUT2D eigenvalue weighted by molar-refractivity contribution is 0.319. The molecule has 0 aliphatic carbocycles. The third-order valence-electron chi connectivity index (χ3n) is 1.64. The van der Waals surface area contributed by atoms with Crippen molar-refractivity contribution in [3.63, 3.8) is 0 Å². The van der Waals surface area contributed by atoms with Crippen LogP contribution in [0.4, 0.5) is 0 Å². The second-order valence-electron chi connectivity index (χ2n) is 3.26. The van der Waals surface area contributed by atoms with Crippen LogP contribution in [0, 0.1) is 0 Å². The topological polar surface area (TPSA) is 35.8 Å². The van der Waals surface area contributed by atoms with E-state index in [-0.39, 0.29) is 4.75 Å². The second kappa shape index (κ2) is 3.89. The first-order valence-corrected chi connectivity index (χ1v) is 5.65. The highest BCUT2D eigenvalue weighted by Gasteiger charge is 2.36. The SMILES string of the molecule is CN(C)C1SCC(C)(/C=N/O)S1. The van der Waals surface area contributed by atoms with Crippen molar-refractivity contribution in [2.75, 3.05) is 19.8 Å². The van der Waals surface area contributed by atoms with Crippen LogP contribution in [0.1, 0.15) is 6.92 Å². The van der Waals surface area contributed by atoms with Crippen molar-refractivity contribution in [2.45, 2.75) is 16.4 Å². The van der Waals surface area contributed by atoms with E-state index in [0.29, 0.717) is 4.71 Å². The van der Waals surface area contributed by atoms with Gasteiger partial charge in [0.15, 0.2) is 0 Å². The van der Waals surface area contributed by atoms with Crippen LogP contribution in [0.2, 0.25) is 0 Å². The fraction of sp³-hybridized carbons (Fsp3) is 0.857. The van der Waals surface area contributed by atoms with Crippen LogP contribution >= 0.6 is 23.5 Å². The zero-order chi connectivity index (χ0) is 9.19. The summed E-state index contributed by atoms with van der Waals surface area (Å²) in [7, 11) is 4.12. The van der Waals surface area contributed by atoms with E-state index in [0.717, 1.165) is 5.75 Å². The molecular weight excluding hydrogens is 192 g/mol. The van der Waals surface area contributed by atoms with E-state index in [1.807, 2.05) is 23.5 Å². The minimum Gasteiger partial charge on any atom is -0.411 e. The van der Waals surface area contributed by atoms with Crippen LogP contribution in [0.3, 0.4) is 0 Å². The molecule has 5 heteroatoms. The van der Waals surface area contributed by atoms with Gasteiger partial charge in [-0.05, 0) is 21.0 Å². The number of thioether (sulfide) groups is 2. The van der Waals surface area contributed by atoms with Crippen LogP contribution in [0.15, 0.2) is 5.16 Å². The molecule has 1 N–H and O–H groups in total. The minimum absolute atomic E-state index is 0.00560. The summed E-state index contributed by atoms with van der Waals surface area (Å²) in [6.45, 7) is 2.09. The number of hydrogen-bond donors (Lipinski definition) is 1. The van der Waals surface area contributed by atoms with Crippen molar-refractivity contribution in [1.29, 1.82) is 0 Å². The van der Waals surface area contributed by atoms with E-state index in [2.05, 4.69) is 31.1 Å². The van der Waals surface area contributed by atoms with Crippen molar-refractivity contribution < 1.29 is 5.21 Å². The van der Waals surface area contributed by atoms with Crippen LogP contribution in [-0.4, -0.2) is 45.6 Å². The predicted molar refractivity (Wildman–Crippen MR) is 56.2 cm³/mol. The van der Waals surface area contributed by atoms with Gasteiger partial charge in [0.25, 0.3) is 0 Å². The molecule has 1 heterocycles. The van der Waals surface area contributed by atoms with Crippen LogP contribution < -0.4 is 0 Å². The van der Waals surface area contributed by atoms with E-state index < -0.39 is 0 Å². The molecule has 0 spiro atoms. The van der Waals surface area contributed by atoms with Gasteiger partial charge in [0.2, 0.25) is 0 Å². The highest BCUT2D eigenvalue weighted by molar-refractivity contribution is 8.21. The van der Waals surface area contributed by atoms with E-state index in [1.165, 1.54) is 0 Å². The smallest absolute Gasteiger partial charge is 0.103 e. The van der Waals surface area contributed by atoms with Gasteiger partial charge >= 0.3 is 0 Å². The van der Waals surface area contributed by atoms with Gasteiger partial charge in [-0.2, -0.15) is 0 Å². The Labute approximate surface area is 81.6 Å². The maximum Gasteiger partial charge on any atom is 0.103 e. The first-order chi connectivity index (χ1) is 5.57. The summed E-state index contributed by atoms with van der Waals surface area (Å²) >= 11 is 3.71. The maximum atomic E-state index is 8.45. The molecule has 1 aliphatic rings. The molecule has 70 valence electrons. The molecule has 1 rings (SSSR count). The van der Waals surface area contributed by atoms with Crippen LogP contribution in [-0.2, 0) is 0 Å². The van der Waals surface area contributed by atoms with Gasteiger partial charge in [0.05, 0.1) is 11.0 Å². The number of nitrogens with zero attached hydrogens (tertiary/aromatic N) is 2. The maximum absolute atomic E-state index is 8.45. The van der Waals surface area contributed by atoms with Crippen LogP contribution in [0.5, 0.6) is 0 Å². The quantitative estimate of drug-likeness (QED) is 0.422. The van der Waals surface area contributed by atoms with Gasteiger partial charge in [-0.1, -0.05) is 0 Å². The normalized spacial score (nSPS) is 36.8. The highest BCUT2D eigenvalue weighted by atomic mass is 32.2. The number of oxime groups is 1. The summed E-state index contributed by atoms with van der Waals surface area (Å²) < 4.78 is 0.474. The average Bonchev–Trinajstić information content (AvgIpc) is 2.33. The van der Waals surface area contributed by atoms with E-state index in [1.54, 1.807) is 6.21 Å². The van der Waals surface area contributed by atoms with E-state index in [4.69, 9.17) is 5.21 Å². The predicted octanol–water partition coefficient (Wildman–Crippen LogP) is 1.53. The monoisotopic (exact) mass is 206 g/mol. The molecule has 12 heavy (non-hydrogen) atoms. The molecule has 0 saturated carbocycles. The summed E-state index contributed by atoms with van der Waals surface area (Å²) in [6, 6.07) is 0. The molecule has 1 saturated heterocycles. The summed E-state index contributed by atoms with van der Waals surface area (Å²) in [5.74, 6) is 1.00. The third-order valence-corrected chi connectivity index (χ3v) is 5.40. The molecule has 0 aromatic rings. The molecule has 1 fully saturated rings. The zero-order valence-electron chi connectivity index (χ0n) is 7.52. The Kier molecular flexibility index (Phi) is 3.31. The van der Waals surface area contributed by atoms with Gasteiger partial charge in [-0.3, -0.25) is 4.90 Å². The van der Waals surface area contributed by atoms with Crippen molar-refractivity contribution in [3.05, 3.63) is 0 Å². The Hall–Kier alpha value is 0.130. The molecule has 3 nitrogen and oxygen atoms in total. The molecule has 0 aromatic carbocycles. The Balaban J connectivity index is 2.54. The zero-order valence-corrected chi connectivity index (χ0v) is 9.15. The third kappa shape index (κ3) is 2.31. The van der Waals surface area contributed by atoms with Gasteiger partial charge in [0.1, 0.15) is 4.71 Å². The lowest BCUT2D eigenvalue weighted by Crippen LogP contribution is -2.24. The van der Waals surface area contributed by atoms with E-state index in [9.17, 15) is 0 Å². The Morgan fingerprint density at radius 3 is 2.75 bits per heavy atom. The lowest BCUT2D eigenvalue weighted by Gasteiger charge is -2.19. The summed E-state index contributed by atoms with van der Waals surface area (Å²) in [5.41, 5.74) is 0. The largest absolute Gasteiger partial charge is 0.411 e. The van der Waals surface area contributed by atoms with Gasteiger partial charge in [-0.25, -0.2) is 0 Å². The summed E-state index contributed by atoms with van der Waals surface area (Å²) in [4.78, 5) is 2.17. The number of hydrogen-bond acceptors (Lipinski definition) is 5. The molecule has 2 atom stereocenters. The Bertz CT molecular complexity index is 186. The molecule has 2 unspecified atom stereocenters. The molecule has 1 aliphatic heterocycles. The van der Waals surface area contributed by atoms with Gasteiger partial charge in [0, 0.05) is 5.75 Å². The van der Waals surface area contributed by atoms with Gasteiger partial charge < -0.3 is 5.21 Å². The summed E-state index contributed by atoms with van der Waals surface area (Å²) in [6.07, 6.45) is 1.62. The first kappa shape index (κ1) is 10.2. The molecule has 0 aromatic heterocycles. The number of rotatable bonds is 2. The molecule has 0 radical (unpaired) electrons. The average molecular weight is 206 g/mol. The lowest BCUT2D eigenvalue weighted by atomic mass is 10.2. The van der Waals surface area contributed by atoms with Crippen LogP contribution in [0.25, 0.3) is 0 Å². The molecule has 0 amide bonds. The van der Waals surface area contributed by atoms with Gasteiger partial charge in [-0.15, -0.1) is 28.7 Å². The van der Waals surface area contributed by atoms with Crippen molar-refractivity contribution in [2.24, 2.45) is 5.16 Å². The Morgan fingerprint density at radius 2 is 2.33 bits per heavy atom. The standard InChI is InChI=1S/C7H14N2OS2/c1-7(4-8-10)5-11-6(12-7)9(2)3/h4,6,10H,5H2,1-3H3/b8-4+. The van der Waals surface area contributed by atoms with Crippen molar-refractivity contribution in [3.8, 4) is 0 Å².